The van der Waals surface area contributed by atoms with Crippen LogP contribution < -0.4 is 9.62 Å². The third kappa shape index (κ3) is 4.02. The van der Waals surface area contributed by atoms with E-state index in [1.165, 1.54) is 52.8 Å². The molecule has 0 unspecified atom stereocenters. The van der Waals surface area contributed by atoms with Crippen LogP contribution >= 0.6 is 11.5 Å². The number of nitrogens with one attached hydrogen (secondary N) is 1. The van der Waals surface area contributed by atoms with Gasteiger partial charge >= 0.3 is 6.03 Å². The zero-order valence-electron chi connectivity index (χ0n) is 17.6. The number of benzene rings is 1. The Labute approximate surface area is 193 Å². The van der Waals surface area contributed by atoms with Crippen molar-refractivity contribution in [3.8, 4) is 10.7 Å². The largest absolute Gasteiger partial charge is 0.324 e. The lowest BCUT2D eigenvalue weighted by atomic mass is 9.74. The van der Waals surface area contributed by atoms with Crippen LogP contribution in [0.2, 0.25) is 0 Å². The van der Waals surface area contributed by atoms with Gasteiger partial charge in [-0.3, -0.25) is 9.62 Å². The number of likely N-dealkylation sites (tertiary alicyclic amines) is 1. The number of rotatable bonds is 3. The number of anilines is 2. The lowest BCUT2D eigenvalue weighted by Gasteiger charge is -2.39. The lowest BCUT2D eigenvalue weighted by Crippen LogP contribution is -2.48. The fourth-order valence-corrected chi connectivity index (χ4v) is 5.92. The highest BCUT2D eigenvalue weighted by atomic mass is 32.2. The Bertz CT molecular complexity index is 1290. The average Bonchev–Trinajstić information content (AvgIpc) is 3.42. The van der Waals surface area contributed by atoms with Crippen LogP contribution in [0.3, 0.4) is 0 Å². The topological polar surface area (TPSA) is 121 Å². The highest BCUT2D eigenvalue weighted by Gasteiger charge is 2.47. The summed E-state index contributed by atoms with van der Waals surface area (Å²) in [6.45, 7) is 1.05. The molecule has 1 aromatic carbocycles. The Balaban J connectivity index is 1.28. The van der Waals surface area contributed by atoms with Crippen LogP contribution in [0.1, 0.15) is 18.4 Å². The fourth-order valence-electron chi connectivity index (χ4n) is 4.43. The SMILES string of the molecule is CS(=O)(=O)N1CC2(CCN(C(=O)Nc3cnc(-c4ncns4)cn3)CC2)c2cc(F)ccc21. The van der Waals surface area contributed by atoms with Crippen molar-refractivity contribution in [3.63, 3.8) is 0 Å². The fraction of sp³-hybridized carbons (Fsp3) is 0.350. The number of amides is 2. The van der Waals surface area contributed by atoms with Gasteiger partial charge in [0.2, 0.25) is 10.0 Å². The van der Waals surface area contributed by atoms with E-state index in [0.717, 1.165) is 6.26 Å². The van der Waals surface area contributed by atoms with Gasteiger partial charge in [-0.05, 0) is 48.1 Å². The molecule has 13 heteroatoms. The van der Waals surface area contributed by atoms with Crippen molar-refractivity contribution in [3.05, 3.63) is 48.3 Å². The zero-order chi connectivity index (χ0) is 23.2. The first-order valence-corrected chi connectivity index (χ1v) is 12.8. The van der Waals surface area contributed by atoms with Crippen molar-refractivity contribution in [1.29, 1.82) is 0 Å². The van der Waals surface area contributed by atoms with Crippen LogP contribution in [-0.2, 0) is 15.4 Å². The van der Waals surface area contributed by atoms with E-state index < -0.39 is 21.3 Å². The number of sulfonamides is 1. The number of carbonyl (C=O) groups excluding carboxylic acids is 1. The Morgan fingerprint density at radius 1 is 1.18 bits per heavy atom. The third-order valence-corrected chi connectivity index (χ3v) is 7.93. The Hall–Kier alpha value is -3.19. The molecule has 3 aromatic rings. The summed E-state index contributed by atoms with van der Waals surface area (Å²) in [5.74, 6) is -0.0933. The van der Waals surface area contributed by atoms with Crippen LogP contribution in [-0.4, -0.2) is 64.6 Å². The maximum Gasteiger partial charge on any atom is 0.323 e. The highest BCUT2D eigenvalue weighted by Crippen LogP contribution is 2.48. The molecule has 5 rings (SSSR count). The average molecular weight is 490 g/mol. The van der Waals surface area contributed by atoms with Gasteiger partial charge in [0.25, 0.3) is 0 Å². The van der Waals surface area contributed by atoms with Crippen LogP contribution in [0.4, 0.5) is 20.7 Å². The van der Waals surface area contributed by atoms with Gasteiger partial charge in [0.05, 0.1) is 24.3 Å². The van der Waals surface area contributed by atoms with Crippen LogP contribution in [0.5, 0.6) is 0 Å². The summed E-state index contributed by atoms with van der Waals surface area (Å²) in [4.78, 5) is 27.0. The monoisotopic (exact) mass is 489 g/mol. The smallest absolute Gasteiger partial charge is 0.323 e. The van der Waals surface area contributed by atoms with Crippen molar-refractivity contribution >= 4 is 39.1 Å². The first-order valence-electron chi connectivity index (χ1n) is 10.2. The van der Waals surface area contributed by atoms with Crippen molar-refractivity contribution in [2.75, 3.05) is 35.5 Å². The van der Waals surface area contributed by atoms with Crippen LogP contribution in [0.15, 0.2) is 36.9 Å². The van der Waals surface area contributed by atoms with Crippen molar-refractivity contribution < 1.29 is 17.6 Å². The summed E-state index contributed by atoms with van der Waals surface area (Å²) in [7, 11) is -3.50. The molecule has 33 heavy (non-hydrogen) atoms. The molecule has 0 radical (unpaired) electrons. The van der Waals surface area contributed by atoms with Crippen molar-refractivity contribution in [2.45, 2.75) is 18.3 Å². The van der Waals surface area contributed by atoms with E-state index in [4.69, 9.17) is 0 Å². The first-order chi connectivity index (χ1) is 15.7. The molecule has 0 saturated carbocycles. The summed E-state index contributed by atoms with van der Waals surface area (Å²) >= 11 is 1.20. The molecule has 2 aromatic heterocycles. The molecular weight excluding hydrogens is 469 g/mol. The second-order valence-electron chi connectivity index (χ2n) is 8.16. The maximum atomic E-state index is 14.0. The molecule has 2 aliphatic rings. The minimum absolute atomic E-state index is 0.249. The zero-order valence-corrected chi connectivity index (χ0v) is 19.2. The van der Waals surface area contributed by atoms with Gasteiger partial charge in [0.15, 0.2) is 10.8 Å². The van der Waals surface area contributed by atoms with E-state index in [-0.39, 0.29) is 12.6 Å². The molecule has 172 valence electrons. The van der Waals surface area contributed by atoms with E-state index in [0.29, 0.717) is 53.7 Å². The van der Waals surface area contributed by atoms with Gasteiger partial charge in [-0.2, -0.15) is 4.37 Å². The Kier molecular flexibility index (Phi) is 5.24. The van der Waals surface area contributed by atoms with E-state index in [1.807, 2.05) is 0 Å². The molecule has 2 amide bonds. The van der Waals surface area contributed by atoms with Gasteiger partial charge < -0.3 is 4.90 Å². The van der Waals surface area contributed by atoms with Gasteiger partial charge in [0, 0.05) is 25.0 Å². The van der Waals surface area contributed by atoms with Crippen LogP contribution in [0.25, 0.3) is 10.7 Å². The molecule has 1 fully saturated rings. The lowest BCUT2D eigenvalue weighted by molar-refractivity contribution is 0.173. The summed E-state index contributed by atoms with van der Waals surface area (Å²) in [5, 5.41) is 3.38. The molecule has 1 saturated heterocycles. The van der Waals surface area contributed by atoms with Gasteiger partial charge in [-0.1, -0.05) is 0 Å². The summed E-state index contributed by atoms with van der Waals surface area (Å²) in [6, 6.07) is 3.89. The molecule has 0 aliphatic carbocycles. The molecular formula is C20H20FN7O3S2. The van der Waals surface area contributed by atoms with Gasteiger partial charge in [-0.15, -0.1) is 0 Å². The minimum atomic E-state index is -3.50. The number of nitrogens with zero attached hydrogens (tertiary/aromatic N) is 6. The number of hydrogen-bond acceptors (Lipinski definition) is 8. The number of aromatic nitrogens is 4. The predicted molar refractivity (Wildman–Crippen MR) is 121 cm³/mol. The minimum Gasteiger partial charge on any atom is -0.324 e. The van der Waals surface area contributed by atoms with Gasteiger partial charge in [0.1, 0.15) is 17.8 Å². The maximum absolute atomic E-state index is 14.0. The van der Waals surface area contributed by atoms with Gasteiger partial charge in [-0.25, -0.2) is 32.6 Å². The quantitative estimate of drug-likeness (QED) is 0.600. The Morgan fingerprint density at radius 2 is 1.97 bits per heavy atom. The summed E-state index contributed by atoms with van der Waals surface area (Å²) < 4.78 is 43.9. The first kappa shape index (κ1) is 21.6. The molecule has 4 heterocycles. The molecule has 10 nitrogen and oxygen atoms in total. The number of piperidine rings is 1. The third-order valence-electron chi connectivity index (χ3n) is 6.12. The summed E-state index contributed by atoms with van der Waals surface area (Å²) in [5.41, 5.74) is 1.24. The number of hydrogen-bond donors (Lipinski definition) is 1. The normalized spacial score (nSPS) is 17.3. The standard InChI is InChI=1S/C20H20FN7O3S2/c1-33(30,31)28-11-20(14-8-13(21)2-3-16(14)28)4-6-27(7-5-20)19(29)26-17-10-22-15(9-23-17)18-24-12-25-32-18/h2-3,8-10,12H,4-7,11H2,1H3,(H,23,26,29). The molecule has 1 N–H and O–H groups in total. The molecule has 0 atom stereocenters. The number of carbonyl (C=O) groups is 1. The van der Waals surface area contributed by atoms with E-state index >= 15 is 0 Å². The number of fused-ring (bicyclic) bond motifs is 2. The van der Waals surface area contributed by atoms with Crippen molar-refractivity contribution in [1.82, 2.24) is 24.2 Å². The highest BCUT2D eigenvalue weighted by molar-refractivity contribution is 7.92. The van der Waals surface area contributed by atoms with Crippen LogP contribution in [0, 0.1) is 5.82 Å². The number of urea groups is 1. The predicted octanol–water partition coefficient (Wildman–Crippen LogP) is 2.48. The van der Waals surface area contributed by atoms with E-state index in [1.54, 1.807) is 4.90 Å². The molecule has 0 bridgehead atoms. The second kappa shape index (κ2) is 7.99. The Morgan fingerprint density at radius 3 is 2.61 bits per heavy atom. The van der Waals surface area contributed by atoms with E-state index in [9.17, 15) is 17.6 Å². The molecule has 2 aliphatic heterocycles. The molecule has 1 spiro atoms. The summed E-state index contributed by atoms with van der Waals surface area (Å²) in [6.07, 6.45) is 6.60. The second-order valence-corrected chi connectivity index (χ2v) is 10.8. The van der Waals surface area contributed by atoms with Crippen molar-refractivity contribution in [2.24, 2.45) is 0 Å². The van der Waals surface area contributed by atoms with E-state index in [2.05, 4.69) is 24.6 Å². The number of halogens is 1.